The Morgan fingerprint density at radius 1 is 1.19 bits per heavy atom. The van der Waals surface area contributed by atoms with E-state index in [1.165, 1.54) is 0 Å². The lowest BCUT2D eigenvalue weighted by Gasteiger charge is -2.44. The van der Waals surface area contributed by atoms with Gasteiger partial charge in [-0.15, -0.1) is 0 Å². The van der Waals surface area contributed by atoms with Gasteiger partial charge in [0.25, 0.3) is 0 Å². The standard InChI is InChI=1S/C17H16O4/c1-19-14-8-4-5-11-9-17(18)10-20-13-7-3-2-6-12(13)16(17)21-15(11)14/h2-8,16,18H,9-10H2,1H3. The number of methoxy groups -OCH3 is 1. The highest BCUT2D eigenvalue weighted by molar-refractivity contribution is 5.51. The summed E-state index contributed by atoms with van der Waals surface area (Å²) in [5.74, 6) is 2.18. The maximum Gasteiger partial charge on any atom is 0.165 e. The van der Waals surface area contributed by atoms with Crippen LogP contribution in [0.15, 0.2) is 42.5 Å². The highest BCUT2D eigenvalue weighted by atomic mass is 16.6. The molecule has 0 saturated heterocycles. The van der Waals surface area contributed by atoms with Crippen LogP contribution in [0.5, 0.6) is 17.2 Å². The Bertz CT molecular complexity index is 697. The van der Waals surface area contributed by atoms with Gasteiger partial charge in [0.1, 0.15) is 18.0 Å². The molecule has 2 aliphatic heterocycles. The average Bonchev–Trinajstić information content (AvgIpc) is 2.52. The third-order valence-corrected chi connectivity index (χ3v) is 4.18. The summed E-state index contributed by atoms with van der Waals surface area (Å²) in [6.45, 7) is 0.228. The predicted molar refractivity (Wildman–Crippen MR) is 77.0 cm³/mol. The average molecular weight is 284 g/mol. The zero-order valence-electron chi connectivity index (χ0n) is 11.7. The molecule has 21 heavy (non-hydrogen) atoms. The second kappa shape index (κ2) is 4.40. The fourth-order valence-corrected chi connectivity index (χ4v) is 3.16. The van der Waals surface area contributed by atoms with Crippen LogP contribution in [-0.2, 0) is 6.42 Å². The fourth-order valence-electron chi connectivity index (χ4n) is 3.16. The SMILES string of the molecule is COc1cccc2c1OC1c3ccccc3OCC1(O)C2. The van der Waals surface area contributed by atoms with Gasteiger partial charge in [0.05, 0.1) is 7.11 Å². The van der Waals surface area contributed by atoms with E-state index in [1.54, 1.807) is 7.11 Å². The molecule has 0 radical (unpaired) electrons. The molecule has 0 saturated carbocycles. The Balaban J connectivity index is 1.85. The number of aliphatic hydroxyl groups is 1. The number of ether oxygens (including phenoxy) is 3. The second-order valence-corrected chi connectivity index (χ2v) is 5.55. The molecular formula is C17H16O4. The van der Waals surface area contributed by atoms with Crippen molar-refractivity contribution in [3.63, 3.8) is 0 Å². The van der Waals surface area contributed by atoms with Gasteiger partial charge in [-0.25, -0.2) is 0 Å². The zero-order valence-corrected chi connectivity index (χ0v) is 11.7. The van der Waals surface area contributed by atoms with Crippen LogP contribution < -0.4 is 14.2 Å². The van der Waals surface area contributed by atoms with Crippen LogP contribution in [0.4, 0.5) is 0 Å². The molecule has 108 valence electrons. The molecular weight excluding hydrogens is 268 g/mol. The summed E-state index contributed by atoms with van der Waals surface area (Å²) >= 11 is 0. The molecule has 0 spiro atoms. The number of benzene rings is 2. The minimum Gasteiger partial charge on any atom is -0.493 e. The molecule has 4 nitrogen and oxygen atoms in total. The van der Waals surface area contributed by atoms with Gasteiger partial charge in [-0.3, -0.25) is 0 Å². The number of fused-ring (bicyclic) bond motifs is 4. The number of para-hydroxylation sites is 2. The maximum absolute atomic E-state index is 11.0. The lowest BCUT2D eigenvalue weighted by atomic mass is 9.81. The number of hydrogen-bond donors (Lipinski definition) is 1. The van der Waals surface area contributed by atoms with Crippen molar-refractivity contribution in [1.29, 1.82) is 0 Å². The van der Waals surface area contributed by atoms with Crippen LogP contribution in [0, 0.1) is 0 Å². The summed E-state index contributed by atoms with van der Waals surface area (Å²) in [6, 6.07) is 13.4. The van der Waals surface area contributed by atoms with Crippen LogP contribution in [0.1, 0.15) is 17.2 Å². The first-order valence-corrected chi connectivity index (χ1v) is 6.98. The summed E-state index contributed by atoms with van der Waals surface area (Å²) < 4.78 is 17.2. The minimum atomic E-state index is -1.05. The topological polar surface area (TPSA) is 47.9 Å². The first kappa shape index (κ1) is 12.5. The molecule has 2 aromatic carbocycles. The quantitative estimate of drug-likeness (QED) is 0.874. The molecule has 4 rings (SSSR count). The zero-order chi connectivity index (χ0) is 14.4. The third-order valence-electron chi connectivity index (χ3n) is 4.18. The van der Waals surface area contributed by atoms with E-state index >= 15 is 0 Å². The summed E-state index contributed by atoms with van der Waals surface area (Å²) in [5, 5.41) is 11.0. The van der Waals surface area contributed by atoms with E-state index in [-0.39, 0.29) is 6.61 Å². The van der Waals surface area contributed by atoms with Crippen molar-refractivity contribution >= 4 is 0 Å². The summed E-state index contributed by atoms with van der Waals surface area (Å²) in [4.78, 5) is 0. The molecule has 0 bridgehead atoms. The van der Waals surface area contributed by atoms with E-state index in [0.717, 1.165) is 16.9 Å². The van der Waals surface area contributed by atoms with Gasteiger partial charge in [-0.1, -0.05) is 30.3 Å². The highest BCUT2D eigenvalue weighted by Crippen LogP contribution is 2.49. The van der Waals surface area contributed by atoms with Crippen LogP contribution in [0.3, 0.4) is 0 Å². The lowest BCUT2D eigenvalue weighted by Crippen LogP contribution is -2.51. The van der Waals surface area contributed by atoms with Gasteiger partial charge in [-0.2, -0.15) is 0 Å². The number of rotatable bonds is 1. The minimum absolute atomic E-state index is 0.228. The Labute approximate surface area is 122 Å². The van der Waals surface area contributed by atoms with Crippen molar-refractivity contribution in [2.24, 2.45) is 0 Å². The predicted octanol–water partition coefficient (Wildman–Crippen LogP) is 2.49. The van der Waals surface area contributed by atoms with Crippen LogP contribution in [0.2, 0.25) is 0 Å². The van der Waals surface area contributed by atoms with Gasteiger partial charge in [-0.05, 0) is 12.1 Å². The van der Waals surface area contributed by atoms with E-state index in [0.29, 0.717) is 17.9 Å². The van der Waals surface area contributed by atoms with Gasteiger partial charge in [0.2, 0.25) is 0 Å². The van der Waals surface area contributed by atoms with E-state index in [9.17, 15) is 5.11 Å². The summed E-state index contributed by atoms with van der Waals surface area (Å²) in [5.41, 5.74) is 0.771. The maximum atomic E-state index is 11.0. The molecule has 0 amide bonds. The van der Waals surface area contributed by atoms with Crippen molar-refractivity contribution in [1.82, 2.24) is 0 Å². The fraction of sp³-hybridized carbons (Fsp3) is 0.294. The molecule has 2 atom stereocenters. The normalized spacial score (nSPS) is 25.7. The van der Waals surface area contributed by atoms with E-state index in [1.807, 2.05) is 42.5 Å². The Kier molecular flexibility index (Phi) is 2.62. The monoisotopic (exact) mass is 284 g/mol. The van der Waals surface area contributed by atoms with Gasteiger partial charge in [0, 0.05) is 17.5 Å². The van der Waals surface area contributed by atoms with Crippen molar-refractivity contribution in [2.45, 2.75) is 18.1 Å². The van der Waals surface area contributed by atoms with Crippen molar-refractivity contribution in [3.05, 3.63) is 53.6 Å². The largest absolute Gasteiger partial charge is 0.493 e. The van der Waals surface area contributed by atoms with Crippen LogP contribution in [-0.4, -0.2) is 24.4 Å². The molecule has 4 heteroatoms. The first-order valence-electron chi connectivity index (χ1n) is 6.98. The molecule has 0 fully saturated rings. The van der Waals surface area contributed by atoms with E-state index in [4.69, 9.17) is 14.2 Å². The second-order valence-electron chi connectivity index (χ2n) is 5.55. The third kappa shape index (κ3) is 1.79. The molecule has 1 N–H and O–H groups in total. The highest BCUT2D eigenvalue weighted by Gasteiger charge is 2.49. The van der Waals surface area contributed by atoms with Crippen LogP contribution >= 0.6 is 0 Å². The van der Waals surface area contributed by atoms with Crippen molar-refractivity contribution in [2.75, 3.05) is 13.7 Å². The first-order chi connectivity index (χ1) is 10.2. The molecule has 0 aromatic heterocycles. The number of hydrogen-bond acceptors (Lipinski definition) is 4. The molecule has 2 aliphatic rings. The molecule has 2 aromatic rings. The lowest BCUT2D eigenvalue weighted by molar-refractivity contribution is -0.114. The molecule has 2 unspecified atom stereocenters. The summed E-state index contributed by atoms with van der Waals surface area (Å²) in [7, 11) is 1.62. The van der Waals surface area contributed by atoms with Crippen molar-refractivity contribution in [3.8, 4) is 17.2 Å². The van der Waals surface area contributed by atoms with E-state index in [2.05, 4.69) is 0 Å². The molecule has 2 heterocycles. The summed E-state index contributed by atoms with van der Waals surface area (Å²) in [6.07, 6.45) is 0.0460. The Hall–Kier alpha value is -2.20. The molecule has 0 aliphatic carbocycles. The van der Waals surface area contributed by atoms with Gasteiger partial charge < -0.3 is 19.3 Å². The Morgan fingerprint density at radius 2 is 2.05 bits per heavy atom. The van der Waals surface area contributed by atoms with Crippen molar-refractivity contribution < 1.29 is 19.3 Å². The van der Waals surface area contributed by atoms with Gasteiger partial charge in [0.15, 0.2) is 17.6 Å². The van der Waals surface area contributed by atoms with E-state index < -0.39 is 11.7 Å². The Morgan fingerprint density at radius 3 is 2.90 bits per heavy atom. The van der Waals surface area contributed by atoms with Gasteiger partial charge >= 0.3 is 0 Å². The smallest absolute Gasteiger partial charge is 0.165 e. The van der Waals surface area contributed by atoms with Crippen LogP contribution in [0.25, 0.3) is 0 Å².